The van der Waals surface area contributed by atoms with Gasteiger partial charge in [0, 0.05) is 0 Å². The number of nitrogens with one attached hydrogen (secondary N) is 1. The summed E-state index contributed by atoms with van der Waals surface area (Å²) in [7, 11) is 4.43. The van der Waals surface area contributed by atoms with E-state index in [4.69, 9.17) is 14.2 Å². The molecular formula is C19H18N2O5S. The monoisotopic (exact) mass is 386 g/mol. The van der Waals surface area contributed by atoms with Gasteiger partial charge < -0.3 is 19.5 Å². The van der Waals surface area contributed by atoms with Gasteiger partial charge in [0.25, 0.3) is 0 Å². The molecule has 0 spiro atoms. The molecular weight excluding hydrogens is 368 g/mol. The summed E-state index contributed by atoms with van der Waals surface area (Å²) < 4.78 is 16.0. The number of hydrogen-bond donors (Lipinski definition) is 1. The Bertz CT molecular complexity index is 999. The van der Waals surface area contributed by atoms with Crippen molar-refractivity contribution in [3.63, 3.8) is 0 Å². The van der Waals surface area contributed by atoms with Crippen LogP contribution in [0.3, 0.4) is 0 Å². The predicted molar refractivity (Wildman–Crippen MR) is 103 cm³/mol. The Morgan fingerprint density at radius 1 is 1.04 bits per heavy atom. The van der Waals surface area contributed by atoms with E-state index in [1.807, 2.05) is 6.07 Å². The quantitative estimate of drug-likeness (QED) is 0.654. The van der Waals surface area contributed by atoms with Gasteiger partial charge >= 0.3 is 5.97 Å². The highest BCUT2D eigenvalue weighted by Crippen LogP contribution is 2.29. The highest BCUT2D eigenvalue weighted by Gasteiger charge is 2.13. The summed E-state index contributed by atoms with van der Waals surface area (Å²) in [6.45, 7) is 0. The summed E-state index contributed by atoms with van der Waals surface area (Å²) in [5.74, 6) is 0.547. The van der Waals surface area contributed by atoms with Gasteiger partial charge in [0.2, 0.25) is 5.91 Å². The zero-order valence-corrected chi connectivity index (χ0v) is 15.9. The van der Waals surface area contributed by atoms with Crippen LogP contribution in [0.5, 0.6) is 11.5 Å². The van der Waals surface area contributed by atoms with Crippen molar-refractivity contribution in [2.24, 2.45) is 0 Å². The molecule has 0 unspecified atom stereocenters. The Labute approximate surface area is 159 Å². The van der Waals surface area contributed by atoms with E-state index in [-0.39, 0.29) is 12.3 Å². The van der Waals surface area contributed by atoms with Gasteiger partial charge in [0.1, 0.15) is 0 Å². The molecule has 0 aliphatic carbocycles. The number of fused-ring (bicyclic) bond motifs is 1. The lowest BCUT2D eigenvalue weighted by atomic mass is 10.1. The number of thiazole rings is 1. The normalized spacial score (nSPS) is 10.5. The predicted octanol–water partition coefficient (Wildman–Crippen LogP) is 3.28. The molecule has 8 heteroatoms. The lowest BCUT2D eigenvalue weighted by Crippen LogP contribution is -2.14. The van der Waals surface area contributed by atoms with Gasteiger partial charge in [-0.05, 0) is 35.9 Å². The minimum absolute atomic E-state index is 0.170. The highest BCUT2D eigenvalue weighted by molar-refractivity contribution is 7.22. The van der Waals surface area contributed by atoms with E-state index in [2.05, 4.69) is 10.3 Å². The van der Waals surface area contributed by atoms with E-state index in [1.54, 1.807) is 44.6 Å². The van der Waals surface area contributed by atoms with Crippen LogP contribution in [-0.2, 0) is 16.0 Å². The molecule has 7 nitrogen and oxygen atoms in total. The number of carbonyl (C=O) groups excluding carboxylic acids is 2. The van der Waals surface area contributed by atoms with Crippen molar-refractivity contribution in [2.75, 3.05) is 26.6 Å². The van der Waals surface area contributed by atoms with E-state index >= 15 is 0 Å². The third-order valence-electron chi connectivity index (χ3n) is 3.87. The second-order valence-electron chi connectivity index (χ2n) is 5.61. The molecule has 140 valence electrons. The maximum absolute atomic E-state index is 12.3. The highest BCUT2D eigenvalue weighted by atomic mass is 32.1. The number of methoxy groups -OCH3 is 3. The van der Waals surface area contributed by atoms with Crippen molar-refractivity contribution in [3.8, 4) is 11.5 Å². The fourth-order valence-corrected chi connectivity index (χ4v) is 3.43. The number of amides is 1. The lowest BCUT2D eigenvalue weighted by Gasteiger charge is -2.09. The molecule has 0 aliphatic rings. The van der Waals surface area contributed by atoms with Gasteiger partial charge in [0.15, 0.2) is 16.6 Å². The zero-order chi connectivity index (χ0) is 19.4. The van der Waals surface area contributed by atoms with Crippen LogP contribution in [-0.4, -0.2) is 38.2 Å². The number of carbonyl (C=O) groups is 2. The summed E-state index contributed by atoms with van der Waals surface area (Å²) >= 11 is 1.34. The molecule has 0 aliphatic heterocycles. The van der Waals surface area contributed by atoms with Crippen molar-refractivity contribution in [1.29, 1.82) is 0 Å². The molecule has 3 rings (SSSR count). The summed E-state index contributed by atoms with van der Waals surface area (Å²) in [4.78, 5) is 28.3. The van der Waals surface area contributed by atoms with Crippen molar-refractivity contribution in [2.45, 2.75) is 6.42 Å². The van der Waals surface area contributed by atoms with E-state index in [0.717, 1.165) is 10.3 Å². The second-order valence-corrected chi connectivity index (χ2v) is 6.64. The first-order valence-electron chi connectivity index (χ1n) is 8.03. The van der Waals surface area contributed by atoms with Crippen molar-refractivity contribution < 1.29 is 23.8 Å². The van der Waals surface area contributed by atoms with Crippen LogP contribution in [0.25, 0.3) is 10.2 Å². The van der Waals surface area contributed by atoms with Crippen molar-refractivity contribution in [1.82, 2.24) is 4.98 Å². The molecule has 0 bridgehead atoms. The van der Waals surface area contributed by atoms with E-state index < -0.39 is 5.97 Å². The fraction of sp³-hybridized carbons (Fsp3) is 0.211. The van der Waals surface area contributed by atoms with Crippen LogP contribution >= 0.6 is 11.3 Å². The van der Waals surface area contributed by atoms with Crippen LogP contribution in [0.1, 0.15) is 15.9 Å². The van der Waals surface area contributed by atoms with Gasteiger partial charge in [-0.25, -0.2) is 9.78 Å². The van der Waals surface area contributed by atoms with E-state index in [1.165, 1.54) is 18.4 Å². The fourth-order valence-electron chi connectivity index (χ4n) is 2.57. The number of aromatic nitrogens is 1. The van der Waals surface area contributed by atoms with Crippen LogP contribution < -0.4 is 14.8 Å². The van der Waals surface area contributed by atoms with Crippen molar-refractivity contribution in [3.05, 3.63) is 47.5 Å². The lowest BCUT2D eigenvalue weighted by molar-refractivity contribution is -0.115. The van der Waals surface area contributed by atoms with E-state index in [9.17, 15) is 9.59 Å². The molecule has 1 heterocycles. The van der Waals surface area contributed by atoms with Gasteiger partial charge in [0.05, 0.1) is 43.5 Å². The number of rotatable bonds is 6. The SMILES string of the molecule is COC(=O)c1ccc2sc(NC(=O)Cc3ccc(OC)c(OC)c3)nc2c1. The Morgan fingerprint density at radius 3 is 2.52 bits per heavy atom. The van der Waals surface area contributed by atoms with Gasteiger partial charge in [-0.15, -0.1) is 0 Å². The maximum atomic E-state index is 12.3. The van der Waals surface area contributed by atoms with Crippen LogP contribution in [0.2, 0.25) is 0 Å². The molecule has 0 fully saturated rings. The van der Waals surface area contributed by atoms with Crippen molar-refractivity contribution >= 4 is 38.6 Å². The molecule has 1 amide bonds. The number of ether oxygens (including phenoxy) is 3. The third-order valence-corrected chi connectivity index (χ3v) is 4.82. The number of hydrogen-bond acceptors (Lipinski definition) is 7. The smallest absolute Gasteiger partial charge is 0.337 e. The Balaban J connectivity index is 1.73. The summed E-state index contributed by atoms with van der Waals surface area (Å²) in [5, 5.41) is 3.26. The molecule has 2 aromatic carbocycles. The average Bonchev–Trinajstić information content (AvgIpc) is 3.08. The number of nitrogens with zero attached hydrogens (tertiary/aromatic N) is 1. The number of benzene rings is 2. The Hall–Kier alpha value is -3.13. The molecule has 3 aromatic rings. The number of anilines is 1. The topological polar surface area (TPSA) is 86.8 Å². The largest absolute Gasteiger partial charge is 0.493 e. The molecule has 0 saturated carbocycles. The zero-order valence-electron chi connectivity index (χ0n) is 15.1. The first kappa shape index (κ1) is 18.7. The average molecular weight is 386 g/mol. The summed E-state index contributed by atoms with van der Waals surface area (Å²) in [6, 6.07) is 10.4. The second kappa shape index (κ2) is 8.05. The Kier molecular flexibility index (Phi) is 5.56. The van der Waals surface area contributed by atoms with Gasteiger partial charge in [-0.1, -0.05) is 17.4 Å². The van der Waals surface area contributed by atoms with Crippen LogP contribution in [0, 0.1) is 0 Å². The first-order chi connectivity index (χ1) is 13.0. The van der Waals surface area contributed by atoms with Gasteiger partial charge in [-0.3, -0.25) is 4.79 Å². The third kappa shape index (κ3) is 4.17. The Morgan fingerprint density at radius 2 is 1.81 bits per heavy atom. The minimum Gasteiger partial charge on any atom is -0.493 e. The minimum atomic E-state index is -0.427. The van der Waals surface area contributed by atoms with E-state index in [0.29, 0.717) is 27.7 Å². The molecule has 1 N–H and O–H groups in total. The van der Waals surface area contributed by atoms with Crippen LogP contribution in [0.15, 0.2) is 36.4 Å². The molecule has 1 aromatic heterocycles. The molecule has 0 radical (unpaired) electrons. The molecule has 27 heavy (non-hydrogen) atoms. The first-order valence-corrected chi connectivity index (χ1v) is 8.85. The molecule has 0 atom stereocenters. The van der Waals surface area contributed by atoms with Crippen LogP contribution in [0.4, 0.5) is 5.13 Å². The summed E-state index contributed by atoms with van der Waals surface area (Å²) in [5.41, 5.74) is 1.84. The summed E-state index contributed by atoms with van der Waals surface area (Å²) in [6.07, 6.45) is 0.170. The molecule has 0 saturated heterocycles. The maximum Gasteiger partial charge on any atom is 0.337 e. The standard InChI is InChI=1S/C19H18N2O5S/c1-24-14-6-4-11(8-15(14)25-2)9-17(22)21-19-20-13-10-12(18(23)26-3)5-7-16(13)27-19/h4-8,10H,9H2,1-3H3,(H,20,21,22). The number of esters is 1. The van der Waals surface area contributed by atoms with Gasteiger partial charge in [-0.2, -0.15) is 0 Å².